The number of halogens is 5. The lowest BCUT2D eigenvalue weighted by atomic mass is 10.2. The predicted octanol–water partition coefficient (Wildman–Crippen LogP) is 3.78. The maximum atomic E-state index is 13.1. The second-order valence-corrected chi connectivity index (χ2v) is 5.48. The average molecular weight is 474 g/mol. The second kappa shape index (κ2) is 9.16. The molecule has 0 unspecified atom stereocenters. The highest BCUT2D eigenvalue weighted by molar-refractivity contribution is 14.0. The Kier molecular flexibility index (Phi) is 7.87. The number of thiazole rings is 1. The van der Waals surface area contributed by atoms with E-state index in [0.717, 1.165) is 22.3 Å². The third kappa shape index (κ3) is 6.23. The van der Waals surface area contributed by atoms with Crippen molar-refractivity contribution in [3.8, 4) is 0 Å². The van der Waals surface area contributed by atoms with E-state index in [1.165, 1.54) is 19.2 Å². The van der Waals surface area contributed by atoms with E-state index in [1.807, 2.05) is 0 Å². The number of nitrogens with zero attached hydrogens (tertiary/aromatic N) is 2. The van der Waals surface area contributed by atoms with Gasteiger partial charge in [0.2, 0.25) is 0 Å². The molecule has 24 heavy (non-hydrogen) atoms. The fourth-order valence-electron chi connectivity index (χ4n) is 1.73. The van der Waals surface area contributed by atoms with Gasteiger partial charge < -0.3 is 10.6 Å². The summed E-state index contributed by atoms with van der Waals surface area (Å²) in [6, 6.07) is 6.07. The molecule has 1 heterocycles. The molecular formula is C14H15F4IN4S. The average Bonchev–Trinajstić information content (AvgIpc) is 2.96. The summed E-state index contributed by atoms with van der Waals surface area (Å²) in [5, 5.41) is 7.08. The first-order chi connectivity index (χ1) is 10.9. The summed E-state index contributed by atoms with van der Waals surface area (Å²) < 4.78 is 50.5. The van der Waals surface area contributed by atoms with Crippen LogP contribution in [-0.4, -0.2) is 18.0 Å². The van der Waals surface area contributed by atoms with Gasteiger partial charge >= 0.3 is 6.18 Å². The Balaban J connectivity index is 0.00000288. The van der Waals surface area contributed by atoms with E-state index in [1.54, 1.807) is 12.1 Å². The van der Waals surface area contributed by atoms with Gasteiger partial charge in [0.05, 0.1) is 6.54 Å². The van der Waals surface area contributed by atoms with Crippen LogP contribution in [0.3, 0.4) is 0 Å². The third-order valence-corrected chi connectivity index (χ3v) is 3.67. The summed E-state index contributed by atoms with van der Waals surface area (Å²) in [5.74, 6) is 0.0488. The molecule has 0 atom stereocenters. The maximum Gasteiger partial charge on any atom is 0.434 e. The topological polar surface area (TPSA) is 49.3 Å². The minimum Gasteiger partial charge on any atom is -0.352 e. The van der Waals surface area contributed by atoms with Gasteiger partial charge in [-0.2, -0.15) is 13.2 Å². The smallest absolute Gasteiger partial charge is 0.352 e. The summed E-state index contributed by atoms with van der Waals surface area (Å²) in [6.07, 6.45) is -4.44. The van der Waals surface area contributed by atoms with E-state index in [4.69, 9.17) is 0 Å². The number of aromatic nitrogens is 1. The van der Waals surface area contributed by atoms with E-state index in [9.17, 15) is 17.6 Å². The van der Waals surface area contributed by atoms with Crippen molar-refractivity contribution in [2.24, 2.45) is 4.99 Å². The Bertz CT molecular complexity index is 687. The van der Waals surface area contributed by atoms with Crippen molar-refractivity contribution in [2.75, 3.05) is 7.05 Å². The monoisotopic (exact) mass is 474 g/mol. The number of aliphatic imine (C=N–C) groups is 1. The molecule has 0 amide bonds. The van der Waals surface area contributed by atoms with Crippen LogP contribution in [0.4, 0.5) is 17.6 Å². The zero-order valence-corrected chi connectivity index (χ0v) is 15.7. The molecule has 0 saturated heterocycles. The molecule has 2 rings (SSSR count). The van der Waals surface area contributed by atoms with Gasteiger partial charge in [0.15, 0.2) is 11.7 Å². The van der Waals surface area contributed by atoms with Gasteiger partial charge in [-0.1, -0.05) is 12.1 Å². The molecule has 0 aliphatic rings. The van der Waals surface area contributed by atoms with Crippen molar-refractivity contribution < 1.29 is 17.6 Å². The molecular weight excluding hydrogens is 459 g/mol. The molecule has 4 nitrogen and oxygen atoms in total. The Morgan fingerprint density at radius 1 is 1.25 bits per heavy atom. The van der Waals surface area contributed by atoms with Crippen LogP contribution in [0.15, 0.2) is 34.6 Å². The zero-order chi connectivity index (χ0) is 16.9. The molecule has 0 saturated carbocycles. The summed E-state index contributed by atoms with van der Waals surface area (Å²) >= 11 is 0.919. The first-order valence-electron chi connectivity index (χ1n) is 6.59. The van der Waals surface area contributed by atoms with Crippen molar-refractivity contribution >= 4 is 41.3 Å². The van der Waals surface area contributed by atoms with Crippen LogP contribution in [0.2, 0.25) is 0 Å². The lowest BCUT2D eigenvalue weighted by Crippen LogP contribution is -2.36. The van der Waals surface area contributed by atoms with Crippen molar-refractivity contribution in [1.82, 2.24) is 15.6 Å². The molecule has 132 valence electrons. The van der Waals surface area contributed by atoms with Crippen molar-refractivity contribution in [2.45, 2.75) is 19.3 Å². The molecule has 0 aliphatic carbocycles. The van der Waals surface area contributed by atoms with Crippen LogP contribution >= 0.6 is 35.3 Å². The Hall–Kier alpha value is -1.43. The van der Waals surface area contributed by atoms with Gasteiger partial charge in [-0.25, -0.2) is 9.37 Å². The largest absolute Gasteiger partial charge is 0.434 e. The summed E-state index contributed by atoms with van der Waals surface area (Å²) in [7, 11) is 1.53. The minimum absolute atomic E-state index is 0. The fraction of sp³-hybridized carbons (Fsp3) is 0.286. The number of hydrogen-bond donors (Lipinski definition) is 2. The quantitative estimate of drug-likeness (QED) is 0.307. The number of rotatable bonds is 4. The molecule has 1 aromatic carbocycles. The Morgan fingerprint density at radius 2 is 1.96 bits per heavy atom. The summed E-state index contributed by atoms with van der Waals surface area (Å²) in [6.45, 7) is 0.451. The van der Waals surface area contributed by atoms with Gasteiger partial charge in [0.1, 0.15) is 10.8 Å². The van der Waals surface area contributed by atoms with E-state index in [2.05, 4.69) is 20.6 Å². The van der Waals surface area contributed by atoms with Crippen LogP contribution in [-0.2, 0) is 19.3 Å². The maximum absolute atomic E-state index is 13.1. The van der Waals surface area contributed by atoms with Crippen molar-refractivity contribution in [3.05, 3.63) is 51.7 Å². The normalized spacial score (nSPS) is 11.8. The minimum atomic E-state index is -4.44. The molecule has 0 spiro atoms. The molecule has 1 aromatic heterocycles. The van der Waals surface area contributed by atoms with Gasteiger partial charge in [0.25, 0.3) is 0 Å². The van der Waals surface area contributed by atoms with Crippen molar-refractivity contribution in [3.63, 3.8) is 0 Å². The standard InChI is InChI=1S/C14H14F4N4S.HI/c1-19-13(20-6-9-3-2-4-10(15)5-9)21-7-12-22-11(8-23-12)14(16,17)18;/h2-5,8H,6-7H2,1H3,(H2,19,20,21);1H. The highest BCUT2D eigenvalue weighted by atomic mass is 127. The SMILES string of the molecule is CN=C(NCc1cccc(F)c1)NCc1nc(C(F)(F)F)cs1.I. The molecule has 0 radical (unpaired) electrons. The third-order valence-electron chi connectivity index (χ3n) is 2.82. The van der Waals surface area contributed by atoms with Crippen LogP contribution < -0.4 is 10.6 Å². The first-order valence-corrected chi connectivity index (χ1v) is 7.47. The second-order valence-electron chi connectivity index (χ2n) is 4.53. The van der Waals surface area contributed by atoms with Crippen molar-refractivity contribution in [1.29, 1.82) is 0 Å². The van der Waals surface area contributed by atoms with Crippen LogP contribution in [0, 0.1) is 5.82 Å². The lowest BCUT2D eigenvalue weighted by molar-refractivity contribution is -0.140. The number of benzene rings is 1. The molecule has 2 N–H and O–H groups in total. The van der Waals surface area contributed by atoms with Gasteiger partial charge in [-0.15, -0.1) is 35.3 Å². The summed E-state index contributed by atoms with van der Waals surface area (Å²) in [4.78, 5) is 7.47. The first kappa shape index (κ1) is 20.6. The fourth-order valence-corrected chi connectivity index (χ4v) is 2.48. The lowest BCUT2D eigenvalue weighted by Gasteiger charge is -2.11. The zero-order valence-electron chi connectivity index (χ0n) is 12.5. The molecule has 0 fully saturated rings. The Morgan fingerprint density at radius 3 is 2.54 bits per heavy atom. The van der Waals surface area contributed by atoms with Crippen LogP contribution in [0.1, 0.15) is 16.3 Å². The number of alkyl halides is 3. The van der Waals surface area contributed by atoms with E-state index in [0.29, 0.717) is 17.5 Å². The number of nitrogens with one attached hydrogen (secondary N) is 2. The number of hydrogen-bond acceptors (Lipinski definition) is 3. The molecule has 10 heteroatoms. The molecule has 0 bridgehead atoms. The van der Waals surface area contributed by atoms with E-state index in [-0.39, 0.29) is 36.3 Å². The highest BCUT2D eigenvalue weighted by Gasteiger charge is 2.33. The van der Waals surface area contributed by atoms with Crippen LogP contribution in [0.5, 0.6) is 0 Å². The van der Waals surface area contributed by atoms with Crippen LogP contribution in [0.25, 0.3) is 0 Å². The van der Waals surface area contributed by atoms with E-state index >= 15 is 0 Å². The van der Waals surface area contributed by atoms with Gasteiger partial charge in [-0.3, -0.25) is 4.99 Å². The number of guanidine groups is 1. The predicted molar refractivity (Wildman–Crippen MR) is 96.0 cm³/mol. The van der Waals surface area contributed by atoms with Gasteiger partial charge in [-0.05, 0) is 17.7 Å². The highest BCUT2D eigenvalue weighted by Crippen LogP contribution is 2.29. The molecule has 2 aromatic rings. The Labute approximate surface area is 157 Å². The molecule has 0 aliphatic heterocycles. The summed E-state index contributed by atoms with van der Waals surface area (Å²) in [5.41, 5.74) is -0.177. The van der Waals surface area contributed by atoms with E-state index < -0.39 is 11.9 Å². The van der Waals surface area contributed by atoms with Gasteiger partial charge in [0, 0.05) is 19.0 Å².